The SMILES string of the molecule is S=P1(Sc2ccc(Br)cc2)OC2CCCCC2S1. The average Bonchev–Trinajstić information content (AvgIpc) is 2.68. The Morgan fingerprint density at radius 3 is 2.72 bits per heavy atom. The average molecular weight is 381 g/mol. The van der Waals surface area contributed by atoms with Gasteiger partial charge in [-0.25, -0.2) is 0 Å². The Morgan fingerprint density at radius 1 is 1.28 bits per heavy atom. The number of rotatable bonds is 2. The standard InChI is InChI=1S/C12H14BrOPS3/c13-9-5-7-10(8-6-9)17-15(16)14-11-3-1-2-4-12(11)18-15/h5-8,11-12H,1-4H2. The van der Waals surface area contributed by atoms with Gasteiger partial charge < -0.3 is 4.52 Å². The van der Waals surface area contributed by atoms with E-state index in [9.17, 15) is 0 Å². The van der Waals surface area contributed by atoms with Crippen molar-refractivity contribution in [2.24, 2.45) is 0 Å². The van der Waals surface area contributed by atoms with Crippen LogP contribution in [0.15, 0.2) is 33.6 Å². The Hall–Kier alpha value is 1.01. The number of benzene rings is 1. The Bertz CT molecular complexity index is 461. The summed E-state index contributed by atoms with van der Waals surface area (Å²) in [5.74, 6) is 0. The molecule has 0 spiro atoms. The van der Waals surface area contributed by atoms with Gasteiger partial charge in [-0.3, -0.25) is 0 Å². The van der Waals surface area contributed by atoms with Crippen molar-refractivity contribution in [3.63, 3.8) is 0 Å². The summed E-state index contributed by atoms with van der Waals surface area (Å²) in [6.07, 6.45) is 5.57. The highest BCUT2D eigenvalue weighted by Crippen LogP contribution is 2.79. The smallest absolute Gasteiger partial charge is 0.180 e. The van der Waals surface area contributed by atoms with Gasteiger partial charge in [-0.15, -0.1) is 0 Å². The molecule has 1 nitrogen and oxygen atoms in total. The fourth-order valence-corrected chi connectivity index (χ4v) is 13.0. The molecule has 0 N–H and O–H groups in total. The van der Waals surface area contributed by atoms with E-state index >= 15 is 0 Å². The minimum absolute atomic E-state index is 0.428. The van der Waals surface area contributed by atoms with Gasteiger partial charge in [-0.05, 0) is 48.9 Å². The maximum absolute atomic E-state index is 6.23. The van der Waals surface area contributed by atoms with Gasteiger partial charge in [0.1, 0.15) is 0 Å². The van der Waals surface area contributed by atoms with Crippen LogP contribution in [0, 0.1) is 0 Å². The van der Waals surface area contributed by atoms with Crippen molar-refractivity contribution in [2.75, 3.05) is 0 Å². The molecular weight excluding hydrogens is 367 g/mol. The van der Waals surface area contributed by atoms with E-state index in [1.807, 2.05) is 11.4 Å². The van der Waals surface area contributed by atoms with Gasteiger partial charge in [-0.2, -0.15) is 0 Å². The molecule has 0 aromatic heterocycles. The van der Waals surface area contributed by atoms with Crippen LogP contribution < -0.4 is 0 Å². The van der Waals surface area contributed by atoms with E-state index in [0.29, 0.717) is 11.4 Å². The quantitative estimate of drug-likeness (QED) is 0.595. The Kier molecular flexibility index (Phi) is 4.49. The first kappa shape index (κ1) is 14.0. The molecule has 6 heteroatoms. The molecule has 1 aliphatic heterocycles. The first-order chi connectivity index (χ1) is 8.65. The van der Waals surface area contributed by atoms with E-state index < -0.39 is 4.67 Å². The van der Waals surface area contributed by atoms with Crippen LogP contribution >= 0.6 is 43.4 Å². The van der Waals surface area contributed by atoms with Crippen LogP contribution in [0.25, 0.3) is 0 Å². The molecule has 1 aliphatic carbocycles. The van der Waals surface area contributed by atoms with Gasteiger partial charge in [0.05, 0.1) is 6.10 Å². The van der Waals surface area contributed by atoms with Crippen LogP contribution in [0.5, 0.6) is 0 Å². The van der Waals surface area contributed by atoms with Gasteiger partial charge >= 0.3 is 0 Å². The van der Waals surface area contributed by atoms with E-state index in [4.69, 9.17) is 16.3 Å². The first-order valence-electron chi connectivity index (χ1n) is 6.07. The zero-order chi connectivity index (χ0) is 12.6. The summed E-state index contributed by atoms with van der Waals surface area (Å²) in [6, 6.07) is 8.37. The minimum atomic E-state index is -1.76. The lowest BCUT2D eigenvalue weighted by atomic mass is 9.97. The molecule has 3 rings (SSSR count). The van der Waals surface area contributed by atoms with E-state index in [1.165, 1.54) is 30.6 Å². The number of halogens is 1. The number of hydrogen-bond acceptors (Lipinski definition) is 4. The van der Waals surface area contributed by atoms with Crippen molar-refractivity contribution in [3.8, 4) is 0 Å². The molecule has 1 heterocycles. The van der Waals surface area contributed by atoms with Gasteiger partial charge in [0, 0.05) is 14.6 Å². The van der Waals surface area contributed by atoms with Crippen molar-refractivity contribution < 1.29 is 4.52 Å². The van der Waals surface area contributed by atoms with Crippen LogP contribution in [0.2, 0.25) is 0 Å². The topological polar surface area (TPSA) is 9.23 Å². The van der Waals surface area contributed by atoms with Gasteiger partial charge in [0.2, 0.25) is 0 Å². The molecule has 3 unspecified atom stereocenters. The summed E-state index contributed by atoms with van der Waals surface area (Å²) in [6.45, 7) is 0. The molecule has 1 saturated carbocycles. The highest BCUT2D eigenvalue weighted by Gasteiger charge is 2.42. The number of fused-ring (bicyclic) bond motifs is 1. The van der Waals surface area contributed by atoms with Gasteiger partial charge in [-0.1, -0.05) is 51.5 Å². The summed E-state index contributed by atoms with van der Waals surface area (Å²) in [4.78, 5) is 1.23. The monoisotopic (exact) mass is 380 g/mol. The lowest BCUT2D eigenvalue weighted by molar-refractivity contribution is 0.196. The summed E-state index contributed by atoms with van der Waals surface area (Å²) >= 11 is 13.0. The van der Waals surface area contributed by atoms with E-state index in [1.54, 1.807) is 11.4 Å². The van der Waals surface area contributed by atoms with E-state index in [-0.39, 0.29) is 0 Å². The van der Waals surface area contributed by atoms with Crippen LogP contribution in [0.4, 0.5) is 0 Å². The lowest BCUT2D eigenvalue weighted by Crippen LogP contribution is -2.23. The highest BCUT2D eigenvalue weighted by atomic mass is 79.9. The van der Waals surface area contributed by atoms with Gasteiger partial charge in [0.15, 0.2) is 4.67 Å². The molecule has 0 bridgehead atoms. The highest BCUT2D eigenvalue weighted by molar-refractivity contribution is 9.10. The molecular formula is C12H14BrOPS3. The summed E-state index contributed by atoms with van der Waals surface area (Å²) in [5.41, 5.74) is 0. The molecule has 3 atom stereocenters. The largest absolute Gasteiger partial charge is 0.329 e. The summed E-state index contributed by atoms with van der Waals surface area (Å²) in [7, 11) is 0. The molecule has 1 aromatic carbocycles. The number of hydrogen-bond donors (Lipinski definition) is 0. The predicted molar refractivity (Wildman–Crippen MR) is 89.0 cm³/mol. The maximum Gasteiger partial charge on any atom is 0.180 e. The third-order valence-electron chi connectivity index (χ3n) is 3.20. The molecule has 0 radical (unpaired) electrons. The zero-order valence-corrected chi connectivity index (χ0v) is 14.7. The summed E-state index contributed by atoms with van der Waals surface area (Å²) < 4.78 is 5.57. The van der Waals surface area contributed by atoms with Crippen LogP contribution in [-0.4, -0.2) is 11.4 Å². The van der Waals surface area contributed by atoms with Crippen LogP contribution in [0.1, 0.15) is 25.7 Å². The van der Waals surface area contributed by atoms with Crippen molar-refractivity contribution >= 4 is 55.2 Å². The maximum atomic E-state index is 6.23. The first-order valence-corrected chi connectivity index (χ1v) is 12.5. The van der Waals surface area contributed by atoms with Gasteiger partial charge in [0.25, 0.3) is 0 Å². The van der Waals surface area contributed by atoms with Crippen molar-refractivity contribution in [1.29, 1.82) is 0 Å². The lowest BCUT2D eigenvalue weighted by Gasteiger charge is -2.21. The Morgan fingerprint density at radius 2 is 2.00 bits per heavy atom. The second-order valence-electron chi connectivity index (χ2n) is 4.56. The van der Waals surface area contributed by atoms with E-state index in [0.717, 1.165) is 4.47 Å². The molecule has 18 heavy (non-hydrogen) atoms. The molecule has 0 amide bonds. The van der Waals surface area contributed by atoms with Crippen LogP contribution in [0.3, 0.4) is 0 Å². The Labute approximate surface area is 130 Å². The fourth-order valence-electron chi connectivity index (χ4n) is 2.33. The fraction of sp³-hybridized carbons (Fsp3) is 0.500. The molecule has 1 aromatic rings. The molecule has 98 valence electrons. The molecule has 2 fully saturated rings. The third-order valence-corrected chi connectivity index (χ3v) is 12.6. The normalized spacial score (nSPS) is 35.4. The third kappa shape index (κ3) is 3.18. The predicted octanol–water partition coefficient (Wildman–Crippen LogP) is 5.84. The molecule has 1 saturated heterocycles. The van der Waals surface area contributed by atoms with Crippen molar-refractivity contribution in [2.45, 2.75) is 41.9 Å². The minimum Gasteiger partial charge on any atom is -0.329 e. The van der Waals surface area contributed by atoms with Crippen molar-refractivity contribution in [1.82, 2.24) is 0 Å². The van der Waals surface area contributed by atoms with E-state index in [2.05, 4.69) is 40.2 Å². The summed E-state index contributed by atoms with van der Waals surface area (Å²) in [5, 5.41) is 0.660. The Balaban J connectivity index is 1.72. The molecule has 2 aliphatic rings. The van der Waals surface area contributed by atoms with Crippen LogP contribution in [-0.2, 0) is 16.3 Å². The second kappa shape index (κ2) is 5.79. The van der Waals surface area contributed by atoms with Crippen molar-refractivity contribution in [3.05, 3.63) is 28.7 Å². The second-order valence-corrected chi connectivity index (χ2v) is 15.9. The zero-order valence-electron chi connectivity index (χ0n) is 9.75.